The fraction of sp³-hybridized carbons (Fsp3) is 0. The van der Waals surface area contributed by atoms with Crippen molar-refractivity contribution in [1.82, 2.24) is 4.83 Å². The van der Waals surface area contributed by atoms with E-state index in [-0.39, 0.29) is 11.0 Å². The first-order valence-electron chi connectivity index (χ1n) is 5.49. The van der Waals surface area contributed by atoms with Crippen LogP contribution in [-0.2, 0) is 10.0 Å². The Morgan fingerprint density at radius 2 is 1.38 bits per heavy atom. The Balaban J connectivity index is 2.29. The Morgan fingerprint density at radius 3 is 1.90 bits per heavy atom. The number of benzene rings is 2. The number of hydrogen-bond donors (Lipinski definition) is 2. The van der Waals surface area contributed by atoms with Crippen LogP contribution in [0.25, 0.3) is 0 Å². The second kappa shape index (κ2) is 5.70. The molecule has 0 spiro atoms. The van der Waals surface area contributed by atoms with Gasteiger partial charge in [0.05, 0.1) is 4.90 Å². The lowest BCUT2D eigenvalue weighted by atomic mass is 10.2. The molecule has 0 atom stereocenters. The molecule has 0 aromatic heterocycles. The molecule has 0 saturated heterocycles. The van der Waals surface area contributed by atoms with E-state index < -0.39 is 39.0 Å². The molecular formula is C12H8F4N2O2S. The fourth-order valence-electron chi connectivity index (χ4n) is 1.46. The lowest BCUT2D eigenvalue weighted by Crippen LogP contribution is -2.30. The van der Waals surface area contributed by atoms with Crippen LogP contribution in [0.1, 0.15) is 0 Å². The van der Waals surface area contributed by atoms with E-state index in [0.29, 0.717) is 0 Å². The van der Waals surface area contributed by atoms with Crippen LogP contribution in [-0.4, -0.2) is 8.42 Å². The minimum atomic E-state index is -4.16. The second-order valence-electron chi connectivity index (χ2n) is 3.89. The van der Waals surface area contributed by atoms with Crippen molar-refractivity contribution < 1.29 is 26.0 Å². The highest BCUT2D eigenvalue weighted by atomic mass is 32.2. The first-order valence-corrected chi connectivity index (χ1v) is 6.97. The summed E-state index contributed by atoms with van der Waals surface area (Å²) in [6, 6.07) is 6.89. The SMILES string of the molecule is O=S(=O)(NNc1c(F)c(F)cc(F)c1F)c1ccccc1. The average Bonchev–Trinajstić information content (AvgIpc) is 2.46. The number of rotatable bonds is 4. The summed E-state index contributed by atoms with van der Waals surface area (Å²) >= 11 is 0. The summed E-state index contributed by atoms with van der Waals surface area (Å²) in [7, 11) is -4.16. The molecule has 2 aromatic carbocycles. The zero-order valence-electron chi connectivity index (χ0n) is 10.2. The van der Waals surface area contributed by atoms with Crippen molar-refractivity contribution in [3.05, 3.63) is 59.7 Å². The van der Waals surface area contributed by atoms with E-state index in [0.717, 1.165) is 0 Å². The van der Waals surface area contributed by atoms with Crippen molar-refractivity contribution >= 4 is 15.7 Å². The van der Waals surface area contributed by atoms with Gasteiger partial charge in [0.15, 0.2) is 23.3 Å². The van der Waals surface area contributed by atoms with Gasteiger partial charge in [-0.2, -0.15) is 0 Å². The number of hydrogen-bond acceptors (Lipinski definition) is 3. The summed E-state index contributed by atoms with van der Waals surface area (Å²) in [5, 5.41) is 0. The lowest BCUT2D eigenvalue weighted by Gasteiger charge is -2.11. The van der Waals surface area contributed by atoms with Crippen LogP contribution in [0.5, 0.6) is 0 Å². The minimum absolute atomic E-state index is 0.0154. The monoisotopic (exact) mass is 320 g/mol. The molecule has 0 aliphatic carbocycles. The lowest BCUT2D eigenvalue weighted by molar-refractivity contribution is 0.457. The second-order valence-corrected chi connectivity index (χ2v) is 5.57. The Hall–Kier alpha value is -2.13. The van der Waals surface area contributed by atoms with E-state index in [1.54, 1.807) is 16.3 Å². The van der Waals surface area contributed by atoms with Crippen molar-refractivity contribution in [2.75, 3.05) is 5.43 Å². The quantitative estimate of drug-likeness (QED) is 0.517. The van der Waals surface area contributed by atoms with Gasteiger partial charge in [0, 0.05) is 6.07 Å². The third-order valence-corrected chi connectivity index (χ3v) is 3.74. The topological polar surface area (TPSA) is 58.2 Å². The highest BCUT2D eigenvalue weighted by Gasteiger charge is 2.21. The third kappa shape index (κ3) is 3.14. The zero-order valence-corrected chi connectivity index (χ0v) is 11.0. The Labute approximate surface area is 117 Å². The normalized spacial score (nSPS) is 11.4. The summed E-state index contributed by atoms with van der Waals surface area (Å²) in [6.07, 6.45) is 0. The summed E-state index contributed by atoms with van der Waals surface area (Å²) in [6.45, 7) is 0. The molecule has 0 heterocycles. The summed E-state index contributed by atoms with van der Waals surface area (Å²) in [4.78, 5) is 1.44. The molecule has 2 N–H and O–H groups in total. The van der Waals surface area contributed by atoms with Gasteiger partial charge in [0.1, 0.15) is 5.69 Å². The van der Waals surface area contributed by atoms with Gasteiger partial charge in [0.2, 0.25) is 0 Å². The van der Waals surface area contributed by atoms with Crippen molar-refractivity contribution in [3.63, 3.8) is 0 Å². The van der Waals surface area contributed by atoms with E-state index >= 15 is 0 Å². The van der Waals surface area contributed by atoms with E-state index in [1.807, 2.05) is 0 Å². The number of hydrazine groups is 1. The molecule has 21 heavy (non-hydrogen) atoms. The molecule has 0 amide bonds. The Kier molecular flexibility index (Phi) is 4.14. The van der Waals surface area contributed by atoms with Gasteiger partial charge in [-0.15, -0.1) is 4.83 Å². The molecule has 0 bridgehead atoms. The minimum Gasteiger partial charge on any atom is -0.302 e. The Morgan fingerprint density at radius 1 is 0.857 bits per heavy atom. The first-order chi connectivity index (χ1) is 9.83. The summed E-state index contributed by atoms with van der Waals surface area (Å²) in [5.41, 5.74) is 0.362. The van der Waals surface area contributed by atoms with Gasteiger partial charge in [-0.25, -0.2) is 26.0 Å². The average molecular weight is 320 g/mol. The number of nitrogens with one attached hydrogen (secondary N) is 2. The predicted molar refractivity (Wildman–Crippen MR) is 66.7 cm³/mol. The summed E-state index contributed by atoms with van der Waals surface area (Å²) < 4.78 is 76.2. The van der Waals surface area contributed by atoms with Gasteiger partial charge in [-0.3, -0.25) is 0 Å². The largest absolute Gasteiger partial charge is 0.302 e. The van der Waals surface area contributed by atoms with Crippen LogP contribution in [0.3, 0.4) is 0 Å². The smallest absolute Gasteiger partial charge is 0.257 e. The van der Waals surface area contributed by atoms with E-state index in [2.05, 4.69) is 0 Å². The molecular weight excluding hydrogens is 312 g/mol. The van der Waals surface area contributed by atoms with Crippen LogP contribution in [0.2, 0.25) is 0 Å². The highest BCUT2D eigenvalue weighted by molar-refractivity contribution is 7.89. The standard InChI is InChI=1S/C12H8F4N2O2S/c13-8-6-9(14)11(16)12(10(8)15)17-18-21(19,20)7-4-2-1-3-5-7/h1-6,17-18H. The molecule has 0 aliphatic rings. The molecule has 4 nitrogen and oxygen atoms in total. The van der Waals surface area contributed by atoms with Crippen molar-refractivity contribution in [2.45, 2.75) is 4.90 Å². The zero-order chi connectivity index (χ0) is 15.6. The predicted octanol–water partition coefficient (Wildman–Crippen LogP) is 2.55. The maximum Gasteiger partial charge on any atom is 0.257 e. The first kappa shape index (κ1) is 15.3. The number of halogens is 4. The van der Waals surface area contributed by atoms with E-state index in [4.69, 9.17) is 0 Å². The van der Waals surface area contributed by atoms with Gasteiger partial charge in [-0.1, -0.05) is 18.2 Å². The van der Waals surface area contributed by atoms with Crippen LogP contribution >= 0.6 is 0 Å². The molecule has 2 aromatic rings. The summed E-state index contributed by atoms with van der Waals surface area (Å²) in [5.74, 6) is -6.81. The van der Waals surface area contributed by atoms with Crippen molar-refractivity contribution in [1.29, 1.82) is 0 Å². The molecule has 0 saturated carbocycles. The molecule has 0 radical (unpaired) electrons. The molecule has 0 fully saturated rings. The molecule has 2 rings (SSSR count). The van der Waals surface area contributed by atoms with E-state index in [1.165, 1.54) is 24.3 Å². The van der Waals surface area contributed by atoms with Gasteiger partial charge >= 0.3 is 0 Å². The molecule has 0 unspecified atom stereocenters. The van der Waals surface area contributed by atoms with Gasteiger partial charge in [-0.05, 0) is 12.1 Å². The Bertz CT molecular complexity index is 740. The van der Waals surface area contributed by atoms with Gasteiger partial charge < -0.3 is 5.43 Å². The maximum atomic E-state index is 13.3. The van der Waals surface area contributed by atoms with Crippen LogP contribution in [0.4, 0.5) is 23.2 Å². The van der Waals surface area contributed by atoms with Crippen LogP contribution in [0, 0.1) is 23.3 Å². The fourth-order valence-corrected chi connectivity index (χ4v) is 2.33. The molecule has 112 valence electrons. The van der Waals surface area contributed by atoms with Crippen LogP contribution < -0.4 is 10.3 Å². The maximum absolute atomic E-state index is 13.3. The molecule has 9 heteroatoms. The third-order valence-electron chi connectivity index (χ3n) is 2.48. The van der Waals surface area contributed by atoms with E-state index in [9.17, 15) is 26.0 Å². The molecule has 0 aliphatic heterocycles. The van der Waals surface area contributed by atoms with Crippen molar-refractivity contribution in [2.24, 2.45) is 0 Å². The number of sulfonamides is 1. The van der Waals surface area contributed by atoms with Gasteiger partial charge in [0.25, 0.3) is 10.0 Å². The number of anilines is 1. The van der Waals surface area contributed by atoms with Crippen molar-refractivity contribution in [3.8, 4) is 0 Å². The highest BCUT2D eigenvalue weighted by Crippen LogP contribution is 2.23. The van der Waals surface area contributed by atoms with Crippen LogP contribution in [0.15, 0.2) is 41.3 Å².